The molecule has 1 aromatic carbocycles. The van der Waals surface area contributed by atoms with E-state index in [-0.39, 0.29) is 0 Å². The van der Waals surface area contributed by atoms with Gasteiger partial charge in [-0.2, -0.15) is 9.40 Å². The third-order valence-electron chi connectivity index (χ3n) is 4.30. The first kappa shape index (κ1) is 16.2. The number of hydrogen-bond donors (Lipinski definition) is 0. The fourth-order valence-electron chi connectivity index (χ4n) is 3.39. The smallest absolute Gasteiger partial charge is 0.246 e. The Morgan fingerprint density at radius 2 is 1.70 bits per heavy atom. The van der Waals surface area contributed by atoms with Crippen molar-refractivity contribution in [3.05, 3.63) is 36.5 Å². The highest BCUT2D eigenvalue weighted by Crippen LogP contribution is 2.31. The van der Waals surface area contributed by atoms with Crippen LogP contribution in [0, 0.1) is 11.8 Å². The molecule has 1 aromatic heterocycles. The number of aryl methyl sites for hydroxylation is 1. The van der Waals surface area contributed by atoms with E-state index in [1.54, 1.807) is 22.2 Å². The summed E-state index contributed by atoms with van der Waals surface area (Å²) in [5, 5.41) is 4.39. The van der Waals surface area contributed by atoms with Crippen molar-refractivity contribution in [3.8, 4) is 11.3 Å². The first-order valence-electron chi connectivity index (χ1n) is 7.97. The van der Waals surface area contributed by atoms with Crippen LogP contribution in [0.4, 0.5) is 0 Å². The number of nitrogens with zero attached hydrogens (tertiary/aromatic N) is 3. The lowest BCUT2D eigenvalue weighted by molar-refractivity contribution is 0.222. The molecule has 6 heteroatoms. The molecule has 1 aliphatic rings. The molecule has 0 bridgehead atoms. The number of piperidine rings is 1. The molecule has 0 aliphatic carbocycles. The topological polar surface area (TPSA) is 55.2 Å². The van der Waals surface area contributed by atoms with Gasteiger partial charge in [0.25, 0.3) is 0 Å². The van der Waals surface area contributed by atoms with E-state index in [1.807, 2.05) is 30.3 Å². The maximum atomic E-state index is 13.2. The molecule has 0 N–H and O–H groups in total. The van der Waals surface area contributed by atoms with Crippen LogP contribution in [0.25, 0.3) is 11.3 Å². The molecule has 2 unspecified atom stereocenters. The van der Waals surface area contributed by atoms with Crippen molar-refractivity contribution in [1.29, 1.82) is 0 Å². The molecule has 0 amide bonds. The number of sulfonamides is 1. The molecule has 23 heavy (non-hydrogen) atoms. The fraction of sp³-hybridized carbons (Fsp3) is 0.471. The van der Waals surface area contributed by atoms with Crippen molar-refractivity contribution in [2.24, 2.45) is 18.9 Å². The summed E-state index contributed by atoms with van der Waals surface area (Å²) in [6.45, 7) is 5.38. The van der Waals surface area contributed by atoms with Crippen LogP contribution in [0.1, 0.15) is 20.3 Å². The largest absolute Gasteiger partial charge is 0.274 e. The van der Waals surface area contributed by atoms with E-state index in [9.17, 15) is 8.42 Å². The minimum Gasteiger partial charge on any atom is -0.274 e. The number of aromatic nitrogens is 2. The van der Waals surface area contributed by atoms with Crippen LogP contribution in [0.15, 0.2) is 41.4 Å². The first-order chi connectivity index (χ1) is 10.9. The molecule has 2 aromatic rings. The summed E-state index contributed by atoms with van der Waals surface area (Å²) in [6, 6.07) is 9.48. The molecule has 1 saturated heterocycles. The van der Waals surface area contributed by atoms with Gasteiger partial charge in [0.2, 0.25) is 10.0 Å². The van der Waals surface area contributed by atoms with Gasteiger partial charge in [0, 0.05) is 31.9 Å². The monoisotopic (exact) mass is 333 g/mol. The molecule has 1 fully saturated rings. The number of hydrogen-bond acceptors (Lipinski definition) is 3. The standard InChI is InChI=1S/C17H23N3O2S/c1-13-9-14(2)11-20(10-13)23(21,22)16-12-19(3)18-17(16)15-7-5-4-6-8-15/h4-8,12-14H,9-11H2,1-3H3. The maximum absolute atomic E-state index is 13.2. The van der Waals surface area contributed by atoms with E-state index in [0.29, 0.717) is 35.5 Å². The zero-order valence-corrected chi connectivity index (χ0v) is 14.6. The van der Waals surface area contributed by atoms with Crippen molar-refractivity contribution in [2.75, 3.05) is 13.1 Å². The summed E-state index contributed by atoms with van der Waals surface area (Å²) in [7, 11) is -1.78. The molecule has 2 heterocycles. The van der Waals surface area contributed by atoms with Gasteiger partial charge >= 0.3 is 0 Å². The van der Waals surface area contributed by atoms with Gasteiger partial charge in [0.05, 0.1) is 0 Å². The summed E-state index contributed by atoms with van der Waals surface area (Å²) in [6.07, 6.45) is 2.69. The van der Waals surface area contributed by atoms with E-state index in [0.717, 1.165) is 12.0 Å². The van der Waals surface area contributed by atoms with Crippen LogP contribution in [-0.2, 0) is 17.1 Å². The highest BCUT2D eigenvalue weighted by atomic mass is 32.2. The van der Waals surface area contributed by atoms with Crippen LogP contribution >= 0.6 is 0 Å². The van der Waals surface area contributed by atoms with E-state index in [1.165, 1.54) is 0 Å². The molecular weight excluding hydrogens is 310 g/mol. The van der Waals surface area contributed by atoms with E-state index < -0.39 is 10.0 Å². The van der Waals surface area contributed by atoms with Gasteiger partial charge in [-0.3, -0.25) is 4.68 Å². The third-order valence-corrected chi connectivity index (χ3v) is 6.13. The van der Waals surface area contributed by atoms with Gasteiger partial charge < -0.3 is 0 Å². The van der Waals surface area contributed by atoms with E-state index >= 15 is 0 Å². The summed E-state index contributed by atoms with van der Waals surface area (Å²) >= 11 is 0. The first-order valence-corrected chi connectivity index (χ1v) is 9.41. The summed E-state index contributed by atoms with van der Waals surface area (Å²) < 4.78 is 29.5. The van der Waals surface area contributed by atoms with Gasteiger partial charge in [-0.1, -0.05) is 44.2 Å². The summed E-state index contributed by atoms with van der Waals surface area (Å²) in [5.41, 5.74) is 1.35. The fourth-order valence-corrected chi connectivity index (χ4v) is 5.26. The Morgan fingerprint density at radius 1 is 1.09 bits per heavy atom. The highest BCUT2D eigenvalue weighted by molar-refractivity contribution is 7.89. The van der Waals surface area contributed by atoms with Gasteiger partial charge in [-0.25, -0.2) is 8.42 Å². The maximum Gasteiger partial charge on any atom is 0.246 e. The third kappa shape index (κ3) is 3.19. The van der Waals surface area contributed by atoms with Gasteiger partial charge in [-0.15, -0.1) is 0 Å². The van der Waals surface area contributed by atoms with Gasteiger partial charge in [0.15, 0.2) is 0 Å². The van der Waals surface area contributed by atoms with Crippen molar-refractivity contribution >= 4 is 10.0 Å². The summed E-state index contributed by atoms with van der Waals surface area (Å²) in [4.78, 5) is 0.299. The molecule has 5 nitrogen and oxygen atoms in total. The molecule has 3 rings (SSSR count). The lowest BCUT2D eigenvalue weighted by atomic mass is 9.94. The Bertz CT molecular complexity index is 773. The second-order valence-corrected chi connectivity index (χ2v) is 8.56. The molecular formula is C17H23N3O2S. The van der Waals surface area contributed by atoms with E-state index in [4.69, 9.17) is 0 Å². The molecule has 2 atom stereocenters. The minimum absolute atomic E-state index is 0.299. The lowest BCUT2D eigenvalue weighted by Crippen LogP contribution is -2.42. The molecule has 1 aliphatic heterocycles. The Balaban J connectivity index is 2.04. The van der Waals surface area contributed by atoms with Crippen molar-refractivity contribution in [3.63, 3.8) is 0 Å². The molecule has 0 radical (unpaired) electrons. The highest BCUT2D eigenvalue weighted by Gasteiger charge is 2.34. The predicted molar refractivity (Wildman–Crippen MR) is 90.3 cm³/mol. The number of rotatable bonds is 3. The second-order valence-electron chi connectivity index (χ2n) is 6.65. The van der Waals surface area contributed by atoms with Crippen LogP contribution < -0.4 is 0 Å². The van der Waals surface area contributed by atoms with Crippen LogP contribution in [0.5, 0.6) is 0 Å². The Kier molecular flexibility index (Phi) is 4.29. The Labute approximate surface area is 138 Å². The summed E-state index contributed by atoms with van der Waals surface area (Å²) in [5.74, 6) is 0.760. The van der Waals surface area contributed by atoms with Gasteiger partial charge in [0.1, 0.15) is 10.6 Å². The normalized spacial score (nSPS) is 23.1. The predicted octanol–water partition coefficient (Wildman–Crippen LogP) is 2.75. The van der Waals surface area contributed by atoms with Crippen molar-refractivity contribution < 1.29 is 8.42 Å². The zero-order chi connectivity index (χ0) is 16.6. The lowest BCUT2D eigenvalue weighted by Gasteiger charge is -2.33. The second kappa shape index (κ2) is 6.09. The van der Waals surface area contributed by atoms with Crippen LogP contribution in [0.2, 0.25) is 0 Å². The average molecular weight is 333 g/mol. The number of benzene rings is 1. The van der Waals surface area contributed by atoms with Crippen molar-refractivity contribution in [2.45, 2.75) is 25.2 Å². The quantitative estimate of drug-likeness (QED) is 0.868. The molecule has 0 saturated carbocycles. The van der Waals surface area contributed by atoms with E-state index in [2.05, 4.69) is 18.9 Å². The van der Waals surface area contributed by atoms with Crippen molar-refractivity contribution in [1.82, 2.24) is 14.1 Å². The SMILES string of the molecule is CC1CC(C)CN(S(=O)(=O)c2cn(C)nc2-c2ccccc2)C1. The minimum atomic E-state index is -3.54. The van der Waals surface area contributed by atoms with Crippen LogP contribution in [0.3, 0.4) is 0 Å². The van der Waals surface area contributed by atoms with Gasteiger partial charge in [-0.05, 0) is 18.3 Å². The molecule has 0 spiro atoms. The Morgan fingerprint density at radius 3 is 2.30 bits per heavy atom. The molecule has 124 valence electrons. The zero-order valence-electron chi connectivity index (χ0n) is 13.8. The Hall–Kier alpha value is -1.66. The average Bonchev–Trinajstić information content (AvgIpc) is 2.90. The van der Waals surface area contributed by atoms with Crippen LogP contribution in [-0.4, -0.2) is 35.6 Å².